The summed E-state index contributed by atoms with van der Waals surface area (Å²) in [6, 6.07) is 4.83. The molecule has 0 aliphatic heterocycles. The van der Waals surface area contributed by atoms with Gasteiger partial charge in [-0.05, 0) is 36.6 Å². The molecular weight excluding hydrogens is 442 g/mol. The van der Waals surface area contributed by atoms with Crippen LogP contribution in [0.5, 0.6) is 5.75 Å². The van der Waals surface area contributed by atoms with Crippen molar-refractivity contribution in [2.75, 3.05) is 19.0 Å². The molecule has 0 aliphatic carbocycles. The number of ether oxygens (including phenoxy) is 2. The molecule has 0 atom stereocenters. The van der Waals surface area contributed by atoms with Gasteiger partial charge in [0.15, 0.2) is 0 Å². The van der Waals surface area contributed by atoms with Gasteiger partial charge in [0.2, 0.25) is 5.91 Å². The number of thiophene rings is 1. The highest BCUT2D eigenvalue weighted by atomic mass is 35.5. The van der Waals surface area contributed by atoms with E-state index in [9.17, 15) is 14.4 Å². The SMILES string of the molecule is COc1ccc(NC(=O)Cn2cnc3sc(C(=O)OCC(C)C)c(C)c3c2=O)cc1Cl. The number of hydrogen-bond acceptors (Lipinski definition) is 7. The Labute approximate surface area is 187 Å². The number of hydrogen-bond donors (Lipinski definition) is 1. The smallest absolute Gasteiger partial charge is 0.348 e. The predicted octanol–water partition coefficient (Wildman–Crippen LogP) is 3.88. The number of methoxy groups -OCH3 is 1. The summed E-state index contributed by atoms with van der Waals surface area (Å²) in [6.07, 6.45) is 1.30. The molecule has 8 nitrogen and oxygen atoms in total. The molecule has 2 heterocycles. The van der Waals surface area contributed by atoms with Crippen LogP contribution in [-0.2, 0) is 16.1 Å². The molecule has 1 aromatic carbocycles. The van der Waals surface area contributed by atoms with Crippen LogP contribution in [0.25, 0.3) is 10.2 Å². The molecule has 0 fully saturated rings. The van der Waals surface area contributed by atoms with E-state index in [-0.39, 0.29) is 12.5 Å². The van der Waals surface area contributed by atoms with Crippen LogP contribution in [0.15, 0.2) is 29.3 Å². The quantitative estimate of drug-likeness (QED) is 0.534. The van der Waals surface area contributed by atoms with E-state index in [2.05, 4.69) is 10.3 Å². The third kappa shape index (κ3) is 5.05. The van der Waals surface area contributed by atoms with Gasteiger partial charge in [-0.2, -0.15) is 0 Å². The van der Waals surface area contributed by atoms with Crippen molar-refractivity contribution in [1.29, 1.82) is 0 Å². The van der Waals surface area contributed by atoms with Crippen molar-refractivity contribution in [3.63, 3.8) is 0 Å². The number of carbonyl (C=O) groups is 2. The van der Waals surface area contributed by atoms with E-state index in [0.29, 0.717) is 43.7 Å². The van der Waals surface area contributed by atoms with Crippen LogP contribution in [0.1, 0.15) is 29.1 Å². The third-order valence-corrected chi connectivity index (χ3v) is 5.88. The van der Waals surface area contributed by atoms with Gasteiger partial charge in [-0.3, -0.25) is 14.2 Å². The molecule has 0 saturated carbocycles. The molecule has 3 rings (SSSR count). The third-order valence-electron chi connectivity index (χ3n) is 4.40. The number of fused-ring (bicyclic) bond motifs is 1. The Hall–Kier alpha value is -2.91. The lowest BCUT2D eigenvalue weighted by atomic mass is 10.2. The highest BCUT2D eigenvalue weighted by Gasteiger charge is 2.21. The number of rotatable bonds is 7. The molecule has 2 aromatic heterocycles. The number of nitrogens with one attached hydrogen (secondary N) is 1. The minimum absolute atomic E-state index is 0.202. The first-order valence-electron chi connectivity index (χ1n) is 9.50. The van der Waals surface area contributed by atoms with Crippen molar-refractivity contribution in [2.45, 2.75) is 27.3 Å². The van der Waals surface area contributed by atoms with Gasteiger partial charge in [0.1, 0.15) is 22.0 Å². The molecule has 0 aliphatic rings. The van der Waals surface area contributed by atoms with Crippen LogP contribution >= 0.6 is 22.9 Å². The number of amides is 1. The molecule has 0 saturated heterocycles. The zero-order chi connectivity index (χ0) is 22.7. The van der Waals surface area contributed by atoms with Crippen LogP contribution in [0.2, 0.25) is 5.02 Å². The summed E-state index contributed by atoms with van der Waals surface area (Å²) in [5.74, 6) is -0.211. The van der Waals surface area contributed by atoms with Gasteiger partial charge in [-0.25, -0.2) is 9.78 Å². The number of nitrogens with zero attached hydrogens (tertiary/aromatic N) is 2. The van der Waals surface area contributed by atoms with E-state index < -0.39 is 17.4 Å². The number of anilines is 1. The monoisotopic (exact) mass is 463 g/mol. The number of esters is 1. The normalized spacial score (nSPS) is 11.0. The van der Waals surface area contributed by atoms with Crippen molar-refractivity contribution >= 4 is 50.7 Å². The average molecular weight is 464 g/mol. The van der Waals surface area contributed by atoms with E-state index in [4.69, 9.17) is 21.1 Å². The largest absolute Gasteiger partial charge is 0.495 e. The summed E-state index contributed by atoms with van der Waals surface area (Å²) >= 11 is 7.18. The van der Waals surface area contributed by atoms with Gasteiger partial charge in [0.05, 0.1) is 30.5 Å². The number of carbonyl (C=O) groups excluding carboxylic acids is 2. The van der Waals surface area contributed by atoms with Gasteiger partial charge >= 0.3 is 5.97 Å². The molecule has 0 spiro atoms. The maximum absolute atomic E-state index is 12.9. The maximum Gasteiger partial charge on any atom is 0.348 e. The summed E-state index contributed by atoms with van der Waals surface area (Å²) in [4.78, 5) is 42.8. The lowest BCUT2D eigenvalue weighted by molar-refractivity contribution is -0.116. The Morgan fingerprint density at radius 1 is 1.32 bits per heavy atom. The van der Waals surface area contributed by atoms with Crippen molar-refractivity contribution in [1.82, 2.24) is 9.55 Å². The number of aryl methyl sites for hydroxylation is 1. The van der Waals surface area contributed by atoms with E-state index in [0.717, 1.165) is 11.3 Å². The zero-order valence-electron chi connectivity index (χ0n) is 17.5. The van der Waals surface area contributed by atoms with Crippen molar-refractivity contribution in [3.8, 4) is 5.75 Å². The van der Waals surface area contributed by atoms with E-state index in [1.165, 1.54) is 18.0 Å². The van der Waals surface area contributed by atoms with Gasteiger partial charge in [-0.15, -0.1) is 11.3 Å². The van der Waals surface area contributed by atoms with Crippen LogP contribution in [0.4, 0.5) is 5.69 Å². The highest BCUT2D eigenvalue weighted by Crippen LogP contribution is 2.28. The Morgan fingerprint density at radius 3 is 2.71 bits per heavy atom. The second-order valence-electron chi connectivity index (χ2n) is 7.30. The first kappa shape index (κ1) is 22.8. The van der Waals surface area contributed by atoms with Crippen LogP contribution < -0.4 is 15.6 Å². The number of aromatic nitrogens is 2. The molecular formula is C21H22ClN3O5S. The Bertz CT molecular complexity index is 1200. The number of halogens is 1. The summed E-state index contributed by atoms with van der Waals surface area (Å²) in [5, 5.41) is 3.35. The topological polar surface area (TPSA) is 99.5 Å². The molecule has 1 N–H and O–H groups in total. The highest BCUT2D eigenvalue weighted by molar-refractivity contribution is 7.20. The van der Waals surface area contributed by atoms with Gasteiger partial charge in [0.25, 0.3) is 5.56 Å². The Morgan fingerprint density at radius 2 is 2.06 bits per heavy atom. The zero-order valence-corrected chi connectivity index (χ0v) is 19.1. The first-order valence-corrected chi connectivity index (χ1v) is 10.7. The second kappa shape index (κ2) is 9.49. The van der Waals surface area contributed by atoms with Crippen molar-refractivity contribution in [3.05, 3.63) is 50.3 Å². The lowest BCUT2D eigenvalue weighted by Gasteiger charge is -2.09. The van der Waals surface area contributed by atoms with Crippen LogP contribution in [-0.4, -0.2) is 35.1 Å². The fraction of sp³-hybridized carbons (Fsp3) is 0.333. The van der Waals surface area contributed by atoms with E-state index in [1.807, 2.05) is 13.8 Å². The minimum atomic E-state index is -0.478. The standard InChI is InChI=1S/C21H22ClN3O5S/c1-11(2)9-30-21(28)18-12(3)17-19(31-18)23-10-25(20(17)27)8-16(26)24-13-5-6-15(29-4)14(22)7-13/h5-7,10-11H,8-9H2,1-4H3,(H,24,26). The molecule has 1 amide bonds. The van der Waals surface area contributed by atoms with E-state index >= 15 is 0 Å². The first-order chi connectivity index (χ1) is 14.7. The van der Waals surface area contributed by atoms with Crippen molar-refractivity contribution < 1.29 is 19.1 Å². The summed E-state index contributed by atoms with van der Waals surface area (Å²) in [7, 11) is 1.50. The average Bonchev–Trinajstić information content (AvgIpc) is 3.05. The summed E-state index contributed by atoms with van der Waals surface area (Å²) in [6.45, 7) is 5.61. The minimum Gasteiger partial charge on any atom is -0.495 e. The maximum atomic E-state index is 12.9. The fourth-order valence-electron chi connectivity index (χ4n) is 2.87. The lowest BCUT2D eigenvalue weighted by Crippen LogP contribution is -2.27. The molecule has 10 heteroatoms. The molecule has 164 valence electrons. The molecule has 0 unspecified atom stereocenters. The van der Waals surface area contributed by atoms with Crippen LogP contribution in [0.3, 0.4) is 0 Å². The fourth-order valence-corrected chi connectivity index (χ4v) is 4.16. The van der Waals surface area contributed by atoms with Gasteiger partial charge in [0, 0.05) is 5.69 Å². The van der Waals surface area contributed by atoms with Gasteiger partial charge < -0.3 is 14.8 Å². The molecule has 31 heavy (non-hydrogen) atoms. The van der Waals surface area contributed by atoms with Crippen LogP contribution in [0, 0.1) is 12.8 Å². The Kier molecular flexibility index (Phi) is 6.97. The van der Waals surface area contributed by atoms with E-state index in [1.54, 1.807) is 25.1 Å². The molecule has 3 aromatic rings. The molecule has 0 bridgehead atoms. The van der Waals surface area contributed by atoms with Gasteiger partial charge in [-0.1, -0.05) is 25.4 Å². The Balaban J connectivity index is 1.81. The second-order valence-corrected chi connectivity index (χ2v) is 8.71. The van der Waals surface area contributed by atoms with Crippen molar-refractivity contribution in [2.24, 2.45) is 5.92 Å². The summed E-state index contributed by atoms with van der Waals surface area (Å²) < 4.78 is 11.6. The summed E-state index contributed by atoms with van der Waals surface area (Å²) in [5.41, 5.74) is 0.576. The predicted molar refractivity (Wildman–Crippen MR) is 120 cm³/mol. The number of benzene rings is 1. The molecule has 0 radical (unpaired) electrons.